The van der Waals surface area contributed by atoms with Crippen molar-refractivity contribution in [1.82, 2.24) is 4.57 Å². The summed E-state index contributed by atoms with van der Waals surface area (Å²) >= 11 is 8.08. The fourth-order valence-electron chi connectivity index (χ4n) is 1.69. The van der Waals surface area contributed by atoms with Gasteiger partial charge in [-0.05, 0) is 40.8 Å². The summed E-state index contributed by atoms with van der Waals surface area (Å²) in [6.07, 6.45) is 1.03. The number of pyridine rings is 1. The van der Waals surface area contributed by atoms with E-state index in [0.29, 0.717) is 10.7 Å². The molecule has 1 amide bonds. The van der Waals surface area contributed by atoms with E-state index in [2.05, 4.69) is 27.9 Å². The van der Waals surface area contributed by atoms with Gasteiger partial charge in [0.2, 0.25) is 5.91 Å². The first kappa shape index (κ1) is 16.4. The van der Waals surface area contributed by atoms with Gasteiger partial charge in [0.15, 0.2) is 0 Å². The number of carbonyl (C=O) groups is 1. The second-order valence-electron chi connectivity index (χ2n) is 4.28. The van der Waals surface area contributed by atoms with Gasteiger partial charge < -0.3 is 5.32 Å². The summed E-state index contributed by atoms with van der Waals surface area (Å²) in [5, 5.41) is 13.6. The maximum absolute atomic E-state index is 12.0. The van der Waals surface area contributed by atoms with Gasteiger partial charge in [-0.2, -0.15) is 0 Å². The van der Waals surface area contributed by atoms with Gasteiger partial charge >= 0.3 is 0 Å². The lowest BCUT2D eigenvalue weighted by Gasteiger charge is -2.09. The molecular weight excluding hydrogens is 425 g/mol. The number of nitro groups is 1. The molecule has 0 bridgehead atoms. The van der Waals surface area contributed by atoms with Crippen LogP contribution in [-0.4, -0.2) is 15.4 Å². The molecule has 0 atom stereocenters. The highest BCUT2D eigenvalue weighted by molar-refractivity contribution is 14.1. The van der Waals surface area contributed by atoms with Crippen LogP contribution in [0.15, 0.2) is 41.3 Å². The summed E-state index contributed by atoms with van der Waals surface area (Å²) in [6, 6.07) is 7.22. The zero-order valence-corrected chi connectivity index (χ0v) is 13.9. The van der Waals surface area contributed by atoms with E-state index < -0.39 is 16.4 Å². The molecule has 0 saturated carbocycles. The molecule has 9 heteroatoms. The summed E-state index contributed by atoms with van der Waals surface area (Å²) in [7, 11) is 0. The minimum Gasteiger partial charge on any atom is -0.323 e. The Morgan fingerprint density at radius 2 is 2.09 bits per heavy atom. The highest BCUT2D eigenvalue weighted by Crippen LogP contribution is 2.23. The van der Waals surface area contributed by atoms with Gasteiger partial charge in [0.05, 0.1) is 21.8 Å². The molecule has 2 aromatic rings. The predicted molar refractivity (Wildman–Crippen MR) is 90.2 cm³/mol. The molecule has 7 nitrogen and oxygen atoms in total. The van der Waals surface area contributed by atoms with Crippen LogP contribution in [0.1, 0.15) is 0 Å². The van der Waals surface area contributed by atoms with Crippen LogP contribution in [0.2, 0.25) is 5.02 Å². The van der Waals surface area contributed by atoms with E-state index in [1.165, 1.54) is 0 Å². The Hall–Kier alpha value is -1.94. The quantitative estimate of drug-likeness (QED) is 0.456. The molecule has 1 N–H and O–H groups in total. The number of rotatable bonds is 4. The summed E-state index contributed by atoms with van der Waals surface area (Å²) in [5.41, 5.74) is -0.361. The van der Waals surface area contributed by atoms with Crippen LogP contribution < -0.4 is 10.9 Å². The van der Waals surface area contributed by atoms with Crippen LogP contribution >= 0.6 is 34.2 Å². The standard InChI is InChI=1S/C13H9ClIN3O4/c14-10-5-8(15)1-3-11(10)16-12(19)7-17-6-9(18(21)22)2-4-13(17)20/h1-6H,7H2,(H,16,19). The first-order valence-electron chi connectivity index (χ1n) is 5.96. The molecule has 0 aliphatic rings. The number of hydrogen-bond acceptors (Lipinski definition) is 4. The van der Waals surface area contributed by atoms with Crippen molar-refractivity contribution >= 4 is 51.5 Å². The van der Waals surface area contributed by atoms with Gasteiger partial charge in [0, 0.05) is 15.7 Å². The predicted octanol–water partition coefficient (Wildman–Crippen LogP) is 2.65. The van der Waals surface area contributed by atoms with Crippen LogP contribution in [0.3, 0.4) is 0 Å². The largest absolute Gasteiger partial charge is 0.323 e. The van der Waals surface area contributed by atoms with Gasteiger partial charge in [0.25, 0.3) is 11.2 Å². The third kappa shape index (κ3) is 4.04. The van der Waals surface area contributed by atoms with E-state index in [9.17, 15) is 19.7 Å². The van der Waals surface area contributed by atoms with E-state index >= 15 is 0 Å². The number of carbonyl (C=O) groups excluding carboxylic acids is 1. The summed E-state index contributed by atoms with van der Waals surface area (Å²) in [6.45, 7) is -0.344. The molecular formula is C13H9ClIN3O4. The lowest BCUT2D eigenvalue weighted by molar-refractivity contribution is -0.385. The second kappa shape index (κ2) is 6.88. The van der Waals surface area contributed by atoms with Crippen molar-refractivity contribution in [1.29, 1.82) is 0 Å². The Labute approximate surface area is 143 Å². The Balaban J connectivity index is 2.17. The number of halogens is 2. The minimum atomic E-state index is -0.635. The molecule has 22 heavy (non-hydrogen) atoms. The maximum Gasteiger partial charge on any atom is 0.285 e. The Morgan fingerprint density at radius 1 is 1.36 bits per heavy atom. The third-order valence-electron chi connectivity index (χ3n) is 2.70. The molecule has 1 aromatic carbocycles. The third-order valence-corrected chi connectivity index (χ3v) is 3.68. The normalized spacial score (nSPS) is 10.3. The average Bonchev–Trinajstić information content (AvgIpc) is 2.44. The Morgan fingerprint density at radius 3 is 2.73 bits per heavy atom. The van der Waals surface area contributed by atoms with Crippen molar-refractivity contribution in [2.24, 2.45) is 0 Å². The molecule has 1 heterocycles. The zero-order valence-electron chi connectivity index (χ0n) is 11.0. The Bertz CT molecular complexity index is 806. The molecule has 0 unspecified atom stereocenters. The van der Waals surface area contributed by atoms with E-state index in [-0.39, 0.29) is 12.2 Å². The molecule has 0 aliphatic carbocycles. The number of nitrogens with one attached hydrogen (secondary N) is 1. The fraction of sp³-hybridized carbons (Fsp3) is 0.0769. The van der Waals surface area contributed by atoms with E-state index in [1.807, 2.05) is 0 Å². The number of benzene rings is 1. The molecule has 0 aliphatic heterocycles. The summed E-state index contributed by atoms with van der Waals surface area (Å²) < 4.78 is 1.88. The number of hydrogen-bond donors (Lipinski definition) is 1. The van der Waals surface area contributed by atoms with E-state index in [4.69, 9.17) is 11.6 Å². The molecule has 2 rings (SSSR count). The van der Waals surface area contributed by atoms with Gasteiger partial charge in [-0.1, -0.05) is 11.6 Å². The van der Waals surface area contributed by atoms with Crippen LogP contribution in [0.25, 0.3) is 0 Å². The minimum absolute atomic E-state index is 0.264. The van der Waals surface area contributed by atoms with Gasteiger partial charge in [-0.3, -0.25) is 24.3 Å². The van der Waals surface area contributed by atoms with Crippen LogP contribution in [0.4, 0.5) is 11.4 Å². The van der Waals surface area contributed by atoms with Gasteiger partial charge in [-0.25, -0.2) is 0 Å². The summed E-state index contributed by atoms with van der Waals surface area (Å²) in [5.74, 6) is -0.509. The molecule has 0 radical (unpaired) electrons. The average molecular weight is 434 g/mol. The van der Waals surface area contributed by atoms with Crippen LogP contribution in [-0.2, 0) is 11.3 Å². The number of nitrogens with zero attached hydrogens (tertiary/aromatic N) is 2. The second-order valence-corrected chi connectivity index (χ2v) is 5.94. The van der Waals surface area contributed by atoms with E-state index in [1.54, 1.807) is 18.2 Å². The zero-order chi connectivity index (χ0) is 16.3. The lowest BCUT2D eigenvalue weighted by atomic mass is 10.3. The van der Waals surface area contributed by atoms with Crippen molar-refractivity contribution in [3.8, 4) is 0 Å². The van der Waals surface area contributed by atoms with Crippen LogP contribution in [0, 0.1) is 13.7 Å². The van der Waals surface area contributed by atoms with Gasteiger partial charge in [0.1, 0.15) is 6.54 Å². The Kier molecular flexibility index (Phi) is 5.14. The molecule has 0 spiro atoms. The highest BCUT2D eigenvalue weighted by Gasteiger charge is 2.12. The van der Waals surface area contributed by atoms with Crippen molar-refractivity contribution in [3.05, 3.63) is 65.6 Å². The smallest absolute Gasteiger partial charge is 0.285 e. The maximum atomic E-state index is 12.0. The fourth-order valence-corrected chi connectivity index (χ4v) is 2.59. The van der Waals surface area contributed by atoms with E-state index in [0.717, 1.165) is 26.5 Å². The monoisotopic (exact) mass is 433 g/mol. The highest BCUT2D eigenvalue weighted by atomic mass is 127. The SMILES string of the molecule is O=C(Cn1cc([N+](=O)[O-])ccc1=O)Nc1ccc(I)cc1Cl. The molecule has 0 saturated heterocycles. The van der Waals surface area contributed by atoms with Crippen molar-refractivity contribution < 1.29 is 9.72 Å². The number of anilines is 1. The van der Waals surface area contributed by atoms with Crippen molar-refractivity contribution in [2.45, 2.75) is 6.54 Å². The van der Waals surface area contributed by atoms with Gasteiger partial charge in [-0.15, -0.1) is 0 Å². The molecule has 1 aromatic heterocycles. The van der Waals surface area contributed by atoms with Crippen molar-refractivity contribution in [3.63, 3.8) is 0 Å². The van der Waals surface area contributed by atoms with Crippen LogP contribution in [0.5, 0.6) is 0 Å². The number of amides is 1. The summed E-state index contributed by atoms with van der Waals surface area (Å²) in [4.78, 5) is 33.6. The van der Waals surface area contributed by atoms with Crippen molar-refractivity contribution in [2.75, 3.05) is 5.32 Å². The number of aromatic nitrogens is 1. The first-order chi connectivity index (χ1) is 10.4. The lowest BCUT2D eigenvalue weighted by Crippen LogP contribution is -2.27. The molecule has 114 valence electrons. The topological polar surface area (TPSA) is 94.2 Å². The molecule has 0 fully saturated rings. The first-order valence-corrected chi connectivity index (χ1v) is 7.42.